The van der Waals surface area contributed by atoms with Crippen LogP contribution in [0.2, 0.25) is 0 Å². The highest BCUT2D eigenvalue weighted by Crippen LogP contribution is 2.43. The Kier molecular flexibility index (Phi) is 2.75. The molecule has 0 aliphatic heterocycles. The van der Waals surface area contributed by atoms with Gasteiger partial charge in [0.15, 0.2) is 0 Å². The Morgan fingerprint density at radius 3 is 2.84 bits per heavy atom. The van der Waals surface area contributed by atoms with E-state index >= 15 is 0 Å². The second-order valence-corrected chi connectivity index (χ2v) is 6.40. The van der Waals surface area contributed by atoms with Crippen molar-refractivity contribution in [1.82, 2.24) is 5.32 Å². The number of aliphatic hydroxyl groups excluding tert-OH is 1. The second kappa shape index (κ2) is 4.46. The van der Waals surface area contributed by atoms with Gasteiger partial charge in [-0.25, -0.2) is 0 Å². The standard InChI is InChI=1S/C17H21NO/c19-16-9-13-3-1-2-4-15(13)17(16)18-10-14-8-11-5-6-12(14)7-11/h1-6,11-12,14,16-19H,7-10H2/t11?,12?,14?,16-,17+/m0/s1. The molecule has 5 atom stereocenters. The molecule has 0 spiro atoms. The lowest BCUT2D eigenvalue weighted by atomic mass is 9.93. The summed E-state index contributed by atoms with van der Waals surface area (Å²) < 4.78 is 0. The van der Waals surface area contributed by atoms with Crippen LogP contribution in [-0.4, -0.2) is 17.8 Å². The van der Waals surface area contributed by atoms with Crippen molar-refractivity contribution in [3.8, 4) is 0 Å². The van der Waals surface area contributed by atoms with Crippen molar-refractivity contribution in [1.29, 1.82) is 0 Å². The van der Waals surface area contributed by atoms with Crippen molar-refractivity contribution in [2.45, 2.75) is 31.4 Å². The minimum atomic E-state index is -0.258. The summed E-state index contributed by atoms with van der Waals surface area (Å²) in [6.45, 7) is 1.04. The summed E-state index contributed by atoms with van der Waals surface area (Å²) in [7, 11) is 0. The van der Waals surface area contributed by atoms with Gasteiger partial charge >= 0.3 is 0 Å². The highest BCUT2D eigenvalue weighted by Gasteiger charge is 2.37. The summed E-state index contributed by atoms with van der Waals surface area (Å²) in [5.41, 5.74) is 2.61. The number of hydrogen-bond acceptors (Lipinski definition) is 2. The van der Waals surface area contributed by atoms with Crippen LogP contribution in [0, 0.1) is 17.8 Å². The van der Waals surface area contributed by atoms with Crippen molar-refractivity contribution in [3.63, 3.8) is 0 Å². The molecule has 0 amide bonds. The van der Waals surface area contributed by atoms with Gasteiger partial charge in [-0.1, -0.05) is 36.4 Å². The summed E-state index contributed by atoms with van der Waals surface area (Å²) in [5, 5.41) is 13.9. The first-order chi connectivity index (χ1) is 9.31. The minimum Gasteiger partial charge on any atom is -0.391 e. The third-order valence-corrected chi connectivity index (χ3v) is 5.22. The van der Waals surface area contributed by atoms with E-state index in [1.54, 1.807) is 0 Å². The van der Waals surface area contributed by atoms with Gasteiger partial charge in [0.05, 0.1) is 12.1 Å². The normalized spacial score (nSPS) is 38.9. The molecule has 0 saturated heterocycles. The van der Waals surface area contributed by atoms with Crippen LogP contribution in [-0.2, 0) is 6.42 Å². The molecule has 2 N–H and O–H groups in total. The fourth-order valence-corrected chi connectivity index (χ4v) is 4.23. The highest BCUT2D eigenvalue weighted by molar-refractivity contribution is 5.36. The van der Waals surface area contributed by atoms with E-state index in [0.29, 0.717) is 0 Å². The average Bonchev–Trinajstić information content (AvgIpc) is 3.09. The highest BCUT2D eigenvalue weighted by atomic mass is 16.3. The van der Waals surface area contributed by atoms with E-state index in [0.717, 1.165) is 30.7 Å². The van der Waals surface area contributed by atoms with Gasteiger partial charge in [-0.05, 0) is 48.3 Å². The maximum absolute atomic E-state index is 10.2. The Morgan fingerprint density at radius 2 is 2.05 bits per heavy atom. The number of fused-ring (bicyclic) bond motifs is 3. The fraction of sp³-hybridized carbons (Fsp3) is 0.529. The first-order valence-electron chi connectivity index (χ1n) is 7.49. The molecule has 1 aromatic carbocycles. The molecule has 100 valence electrons. The van der Waals surface area contributed by atoms with Crippen molar-refractivity contribution >= 4 is 0 Å². The van der Waals surface area contributed by atoms with E-state index in [1.807, 2.05) is 0 Å². The number of hydrogen-bond donors (Lipinski definition) is 2. The van der Waals surface area contributed by atoms with Gasteiger partial charge in [0.1, 0.15) is 0 Å². The third kappa shape index (κ3) is 1.94. The zero-order valence-corrected chi connectivity index (χ0v) is 11.1. The van der Waals surface area contributed by atoms with Gasteiger partial charge in [-0.2, -0.15) is 0 Å². The van der Waals surface area contributed by atoms with Crippen LogP contribution in [0.3, 0.4) is 0 Å². The molecule has 0 heterocycles. The second-order valence-electron chi connectivity index (χ2n) is 6.40. The van der Waals surface area contributed by atoms with Gasteiger partial charge in [0, 0.05) is 6.42 Å². The average molecular weight is 255 g/mol. The molecule has 0 radical (unpaired) electrons. The van der Waals surface area contributed by atoms with Crippen molar-refractivity contribution < 1.29 is 5.11 Å². The lowest BCUT2D eigenvalue weighted by Crippen LogP contribution is -2.33. The number of nitrogens with one attached hydrogen (secondary N) is 1. The summed E-state index contributed by atoms with van der Waals surface area (Å²) in [4.78, 5) is 0. The quantitative estimate of drug-likeness (QED) is 0.813. The molecule has 4 rings (SSSR count). The molecule has 1 aromatic rings. The van der Waals surface area contributed by atoms with E-state index in [1.165, 1.54) is 24.0 Å². The SMILES string of the molecule is O[C@H]1Cc2ccccc2[C@H]1NCC1CC2C=CC1C2. The van der Waals surface area contributed by atoms with Crippen LogP contribution in [0.5, 0.6) is 0 Å². The van der Waals surface area contributed by atoms with Crippen LogP contribution < -0.4 is 5.32 Å². The van der Waals surface area contributed by atoms with E-state index in [4.69, 9.17) is 0 Å². The topological polar surface area (TPSA) is 32.3 Å². The minimum absolute atomic E-state index is 0.138. The number of rotatable bonds is 3. The van der Waals surface area contributed by atoms with Gasteiger partial charge in [-0.3, -0.25) is 0 Å². The van der Waals surface area contributed by atoms with Crippen LogP contribution in [0.4, 0.5) is 0 Å². The Hall–Kier alpha value is -1.12. The first kappa shape index (κ1) is 11.7. The zero-order valence-electron chi connectivity index (χ0n) is 11.1. The lowest BCUT2D eigenvalue weighted by molar-refractivity contribution is 0.137. The van der Waals surface area contributed by atoms with Crippen LogP contribution in [0.15, 0.2) is 36.4 Å². The summed E-state index contributed by atoms with van der Waals surface area (Å²) >= 11 is 0. The van der Waals surface area contributed by atoms with E-state index in [9.17, 15) is 5.11 Å². The molecule has 1 fully saturated rings. The number of benzene rings is 1. The van der Waals surface area contributed by atoms with E-state index < -0.39 is 0 Å². The third-order valence-electron chi connectivity index (χ3n) is 5.22. The number of allylic oxidation sites excluding steroid dienone is 2. The van der Waals surface area contributed by atoms with Crippen LogP contribution in [0.25, 0.3) is 0 Å². The molecule has 3 aliphatic carbocycles. The smallest absolute Gasteiger partial charge is 0.0775 e. The maximum atomic E-state index is 10.2. The molecule has 2 bridgehead atoms. The predicted octanol–water partition coefficient (Wildman–Crippen LogP) is 2.45. The van der Waals surface area contributed by atoms with E-state index in [-0.39, 0.29) is 12.1 Å². The molecule has 3 unspecified atom stereocenters. The lowest BCUT2D eigenvalue weighted by Gasteiger charge is -2.23. The molecule has 0 aromatic heterocycles. The maximum Gasteiger partial charge on any atom is 0.0775 e. The van der Waals surface area contributed by atoms with Crippen LogP contribution in [0.1, 0.15) is 30.0 Å². The molecular weight excluding hydrogens is 234 g/mol. The molecule has 1 saturated carbocycles. The Labute approximate surface area is 114 Å². The summed E-state index contributed by atoms with van der Waals surface area (Å²) in [6, 6.07) is 8.57. The van der Waals surface area contributed by atoms with Crippen molar-refractivity contribution in [3.05, 3.63) is 47.5 Å². The van der Waals surface area contributed by atoms with Gasteiger partial charge < -0.3 is 10.4 Å². The Bertz CT molecular complexity index is 510. The predicted molar refractivity (Wildman–Crippen MR) is 75.7 cm³/mol. The molecule has 3 aliphatic rings. The van der Waals surface area contributed by atoms with Crippen molar-refractivity contribution in [2.24, 2.45) is 17.8 Å². The molecular formula is C17H21NO. The Balaban J connectivity index is 1.44. The molecule has 2 nitrogen and oxygen atoms in total. The largest absolute Gasteiger partial charge is 0.391 e. The fourth-order valence-electron chi connectivity index (χ4n) is 4.23. The van der Waals surface area contributed by atoms with Gasteiger partial charge in [0.25, 0.3) is 0 Å². The van der Waals surface area contributed by atoms with Gasteiger partial charge in [-0.15, -0.1) is 0 Å². The summed E-state index contributed by atoms with van der Waals surface area (Å²) in [5.74, 6) is 2.39. The molecule has 19 heavy (non-hydrogen) atoms. The van der Waals surface area contributed by atoms with E-state index in [2.05, 4.69) is 41.7 Å². The summed E-state index contributed by atoms with van der Waals surface area (Å²) in [6.07, 6.45) is 8.02. The first-order valence-corrected chi connectivity index (χ1v) is 7.49. The zero-order chi connectivity index (χ0) is 12.8. The monoisotopic (exact) mass is 255 g/mol. The van der Waals surface area contributed by atoms with Crippen molar-refractivity contribution in [2.75, 3.05) is 6.54 Å². The molecule has 2 heteroatoms. The van der Waals surface area contributed by atoms with Crippen LogP contribution >= 0.6 is 0 Å². The Morgan fingerprint density at radius 1 is 1.16 bits per heavy atom. The number of aliphatic hydroxyl groups is 1. The van der Waals surface area contributed by atoms with Gasteiger partial charge in [0.2, 0.25) is 0 Å².